The van der Waals surface area contributed by atoms with Crippen LogP contribution in [0.25, 0.3) is 0 Å². The lowest BCUT2D eigenvalue weighted by molar-refractivity contribution is 0.216. The minimum absolute atomic E-state index is 0.0711. The molecule has 0 radical (unpaired) electrons. The molecule has 0 bridgehead atoms. The Hall–Kier alpha value is -0.620. The molecule has 102 valence electrons. The van der Waals surface area contributed by atoms with E-state index in [1.54, 1.807) is 19.9 Å². The molecule has 2 atom stereocenters. The standard InChI is InChI=1S/C12H18ClNO3S/c1-8-4-5-11(6-12(8)13)18(16,17)14-10(3)9(2)7-15/h4-6,9-10,14-15H,7H2,1-3H3. The highest BCUT2D eigenvalue weighted by Gasteiger charge is 2.21. The topological polar surface area (TPSA) is 66.4 Å². The number of nitrogens with one attached hydrogen (secondary N) is 1. The van der Waals surface area contributed by atoms with E-state index in [1.165, 1.54) is 12.1 Å². The van der Waals surface area contributed by atoms with Crippen molar-refractivity contribution < 1.29 is 13.5 Å². The lowest BCUT2D eigenvalue weighted by Crippen LogP contribution is -2.38. The van der Waals surface area contributed by atoms with Gasteiger partial charge in [0.15, 0.2) is 0 Å². The van der Waals surface area contributed by atoms with Crippen LogP contribution in [0.15, 0.2) is 23.1 Å². The number of sulfonamides is 1. The lowest BCUT2D eigenvalue weighted by Gasteiger charge is -2.19. The molecular weight excluding hydrogens is 274 g/mol. The van der Waals surface area contributed by atoms with Gasteiger partial charge in [0.05, 0.1) is 4.90 Å². The second-order valence-electron chi connectivity index (χ2n) is 4.48. The van der Waals surface area contributed by atoms with Crippen LogP contribution in [0.2, 0.25) is 5.02 Å². The van der Waals surface area contributed by atoms with Gasteiger partial charge in [-0.3, -0.25) is 0 Å². The van der Waals surface area contributed by atoms with E-state index in [-0.39, 0.29) is 23.5 Å². The maximum atomic E-state index is 12.1. The van der Waals surface area contributed by atoms with Crippen LogP contribution in [0.1, 0.15) is 19.4 Å². The number of aliphatic hydroxyl groups is 1. The number of aliphatic hydroxyl groups excluding tert-OH is 1. The fraction of sp³-hybridized carbons (Fsp3) is 0.500. The van der Waals surface area contributed by atoms with Crippen molar-refractivity contribution in [3.8, 4) is 0 Å². The van der Waals surface area contributed by atoms with Crippen molar-refractivity contribution in [1.82, 2.24) is 4.72 Å². The molecule has 0 spiro atoms. The Morgan fingerprint density at radius 1 is 1.39 bits per heavy atom. The summed E-state index contributed by atoms with van der Waals surface area (Å²) in [6, 6.07) is 4.26. The summed E-state index contributed by atoms with van der Waals surface area (Å²) in [5, 5.41) is 9.41. The van der Waals surface area contributed by atoms with Gasteiger partial charge in [-0.1, -0.05) is 24.6 Å². The lowest BCUT2D eigenvalue weighted by atomic mass is 10.1. The van der Waals surface area contributed by atoms with Gasteiger partial charge in [-0.25, -0.2) is 13.1 Å². The van der Waals surface area contributed by atoms with Crippen molar-refractivity contribution in [2.45, 2.75) is 31.7 Å². The van der Waals surface area contributed by atoms with Crippen molar-refractivity contribution in [3.63, 3.8) is 0 Å². The molecule has 0 heterocycles. The number of hydrogen-bond donors (Lipinski definition) is 2. The molecule has 6 heteroatoms. The second kappa shape index (κ2) is 6.02. The van der Waals surface area contributed by atoms with Gasteiger partial charge in [-0.15, -0.1) is 0 Å². The minimum Gasteiger partial charge on any atom is -0.396 e. The second-order valence-corrected chi connectivity index (χ2v) is 6.60. The molecule has 0 saturated heterocycles. The molecule has 4 nitrogen and oxygen atoms in total. The van der Waals surface area contributed by atoms with E-state index in [2.05, 4.69) is 4.72 Å². The molecule has 2 unspecified atom stereocenters. The summed E-state index contributed by atoms with van der Waals surface area (Å²) < 4.78 is 26.7. The van der Waals surface area contributed by atoms with Crippen LogP contribution >= 0.6 is 11.6 Å². The molecule has 0 amide bonds. The van der Waals surface area contributed by atoms with Crippen LogP contribution in [0.4, 0.5) is 0 Å². The highest BCUT2D eigenvalue weighted by molar-refractivity contribution is 7.89. The number of hydrogen-bond acceptors (Lipinski definition) is 3. The largest absolute Gasteiger partial charge is 0.396 e. The van der Waals surface area contributed by atoms with Gasteiger partial charge in [0.25, 0.3) is 0 Å². The molecule has 0 fully saturated rings. The molecule has 1 aromatic carbocycles. The third kappa shape index (κ3) is 3.68. The summed E-state index contributed by atoms with van der Waals surface area (Å²) in [5.41, 5.74) is 0.826. The van der Waals surface area contributed by atoms with Gasteiger partial charge in [0.2, 0.25) is 10.0 Å². The molecule has 1 aromatic rings. The zero-order valence-corrected chi connectivity index (χ0v) is 12.2. The smallest absolute Gasteiger partial charge is 0.240 e. The first-order valence-corrected chi connectivity index (χ1v) is 7.53. The molecule has 1 rings (SSSR count). The van der Waals surface area contributed by atoms with Gasteiger partial charge in [-0.05, 0) is 37.5 Å². The van der Waals surface area contributed by atoms with E-state index in [4.69, 9.17) is 16.7 Å². The van der Waals surface area contributed by atoms with Crippen molar-refractivity contribution >= 4 is 21.6 Å². The Morgan fingerprint density at radius 2 is 2.00 bits per heavy atom. The van der Waals surface area contributed by atoms with Gasteiger partial charge < -0.3 is 5.11 Å². The van der Waals surface area contributed by atoms with E-state index in [1.807, 2.05) is 6.92 Å². The van der Waals surface area contributed by atoms with Crippen LogP contribution in [0.5, 0.6) is 0 Å². The summed E-state index contributed by atoms with van der Waals surface area (Å²) in [5.74, 6) is -0.152. The average molecular weight is 292 g/mol. The zero-order valence-electron chi connectivity index (χ0n) is 10.6. The highest BCUT2D eigenvalue weighted by atomic mass is 35.5. The highest BCUT2D eigenvalue weighted by Crippen LogP contribution is 2.20. The van der Waals surface area contributed by atoms with Crippen LogP contribution < -0.4 is 4.72 Å². The third-order valence-electron chi connectivity index (χ3n) is 2.94. The third-order valence-corrected chi connectivity index (χ3v) is 4.90. The Morgan fingerprint density at radius 3 is 2.50 bits per heavy atom. The Bertz CT molecular complexity index is 516. The minimum atomic E-state index is -3.60. The molecule has 0 aromatic heterocycles. The summed E-state index contributed by atoms with van der Waals surface area (Å²) in [6.45, 7) is 5.23. The fourth-order valence-corrected chi connectivity index (χ4v) is 2.95. The van der Waals surface area contributed by atoms with Gasteiger partial charge >= 0.3 is 0 Å². The predicted molar refractivity (Wildman–Crippen MR) is 72.2 cm³/mol. The predicted octanol–water partition coefficient (Wildman–Crippen LogP) is 1.94. The first-order valence-electron chi connectivity index (χ1n) is 5.67. The summed E-state index contributed by atoms with van der Waals surface area (Å²) >= 11 is 5.91. The van der Waals surface area contributed by atoms with Gasteiger partial charge in [0.1, 0.15) is 0 Å². The Balaban J connectivity index is 2.96. The SMILES string of the molecule is Cc1ccc(S(=O)(=O)NC(C)C(C)CO)cc1Cl. The number of benzene rings is 1. The summed E-state index contributed by atoms with van der Waals surface area (Å²) in [4.78, 5) is 0.134. The molecule has 0 aliphatic carbocycles. The monoisotopic (exact) mass is 291 g/mol. The maximum Gasteiger partial charge on any atom is 0.240 e. The first kappa shape index (κ1) is 15.4. The molecule has 0 aliphatic heterocycles. The Kier molecular flexibility index (Phi) is 5.16. The number of halogens is 1. The van der Waals surface area contributed by atoms with E-state index < -0.39 is 10.0 Å². The van der Waals surface area contributed by atoms with Crippen LogP contribution in [0, 0.1) is 12.8 Å². The summed E-state index contributed by atoms with van der Waals surface area (Å²) in [7, 11) is -3.60. The molecule has 2 N–H and O–H groups in total. The molecular formula is C12H18ClNO3S. The molecule has 0 saturated carbocycles. The maximum absolute atomic E-state index is 12.1. The fourth-order valence-electron chi connectivity index (χ4n) is 1.33. The van der Waals surface area contributed by atoms with Crippen molar-refractivity contribution in [1.29, 1.82) is 0 Å². The summed E-state index contributed by atoms with van der Waals surface area (Å²) in [6.07, 6.45) is 0. The van der Waals surface area contributed by atoms with Crippen LogP contribution in [-0.4, -0.2) is 26.2 Å². The van der Waals surface area contributed by atoms with Crippen molar-refractivity contribution in [2.75, 3.05) is 6.61 Å². The zero-order chi connectivity index (χ0) is 13.9. The average Bonchev–Trinajstić information content (AvgIpc) is 2.30. The number of rotatable bonds is 5. The van der Waals surface area contributed by atoms with E-state index in [9.17, 15) is 8.42 Å². The first-order chi connectivity index (χ1) is 8.27. The number of aryl methyl sites for hydroxylation is 1. The molecule has 0 aliphatic rings. The van der Waals surface area contributed by atoms with E-state index in [0.717, 1.165) is 5.56 Å². The van der Waals surface area contributed by atoms with E-state index >= 15 is 0 Å². The van der Waals surface area contributed by atoms with Crippen molar-refractivity contribution in [3.05, 3.63) is 28.8 Å². The van der Waals surface area contributed by atoms with Gasteiger partial charge in [0, 0.05) is 17.7 Å². The quantitative estimate of drug-likeness (QED) is 0.871. The van der Waals surface area contributed by atoms with Crippen LogP contribution in [-0.2, 0) is 10.0 Å². The Labute approximate surface area is 113 Å². The van der Waals surface area contributed by atoms with Gasteiger partial charge in [-0.2, -0.15) is 0 Å². The van der Waals surface area contributed by atoms with E-state index in [0.29, 0.717) is 5.02 Å². The normalized spacial score (nSPS) is 15.4. The molecule has 18 heavy (non-hydrogen) atoms. The van der Waals surface area contributed by atoms with Crippen molar-refractivity contribution in [2.24, 2.45) is 5.92 Å². The van der Waals surface area contributed by atoms with Crippen LogP contribution in [0.3, 0.4) is 0 Å².